The van der Waals surface area contributed by atoms with Crippen molar-refractivity contribution in [3.05, 3.63) is 11.6 Å². The number of carbonyl (C=O) groups is 2. The maximum Gasteiger partial charge on any atom is 0.338 e. The Bertz CT molecular complexity index is 2210. The lowest BCUT2D eigenvalue weighted by molar-refractivity contribution is -0.394. The van der Waals surface area contributed by atoms with Gasteiger partial charge in [0.15, 0.2) is 25.0 Å². The SMILES string of the molecule is CCOC(=O)[C@H]1O[C@@H](O[C@H]2CC[C@]3(C)[C@H]4CC=C5[C@@H]6CC(C)(C)CC[C@]6(C(=O)O[C@@H]6O[C@H](CO)[C@@H](O)[C@H](O)[C@H]6O)CC[C@@]5(C)[C@]4(C)CC[C@H]3C2(C)C)[C@H](O[C@@H]2O[C@@H](C)[C@H](O)[C@@H](O)[C@H]2O[C@@H]2O[C@H](CO)[C@@H](O)[C@H](O)[C@H]2O)[C@@H](O)[C@@H]1O. The maximum absolute atomic E-state index is 14.8. The van der Waals surface area contributed by atoms with E-state index in [-0.39, 0.29) is 46.0 Å². The number of ether oxygens (including phenoxy) is 9. The van der Waals surface area contributed by atoms with Crippen molar-refractivity contribution in [2.24, 2.45) is 50.2 Å². The summed E-state index contributed by atoms with van der Waals surface area (Å²) >= 11 is 0. The van der Waals surface area contributed by atoms with Gasteiger partial charge in [-0.15, -0.1) is 0 Å². The summed E-state index contributed by atoms with van der Waals surface area (Å²) < 4.78 is 54.1. The van der Waals surface area contributed by atoms with Crippen molar-refractivity contribution in [1.82, 2.24) is 0 Å². The number of aliphatic hydroxyl groups excluding tert-OH is 12. The molecule has 23 nitrogen and oxygen atoms in total. The van der Waals surface area contributed by atoms with Crippen LogP contribution < -0.4 is 0 Å². The van der Waals surface area contributed by atoms with Crippen LogP contribution in [0.15, 0.2) is 11.6 Å². The quantitative estimate of drug-likeness (QED) is 0.0670. The van der Waals surface area contributed by atoms with Crippen LogP contribution in [0.25, 0.3) is 0 Å². The van der Waals surface area contributed by atoms with Crippen LogP contribution >= 0.6 is 0 Å². The highest BCUT2D eigenvalue weighted by Gasteiger charge is 2.70. The molecule has 452 valence electrons. The van der Waals surface area contributed by atoms with Crippen molar-refractivity contribution in [2.45, 2.75) is 255 Å². The van der Waals surface area contributed by atoms with Crippen molar-refractivity contribution < 1.29 is 113 Å². The van der Waals surface area contributed by atoms with Gasteiger partial charge in [0.1, 0.15) is 85.5 Å². The lowest BCUT2D eigenvalue weighted by atomic mass is 9.33. The molecular formula is C56H90O23. The van der Waals surface area contributed by atoms with Crippen LogP contribution in [0.2, 0.25) is 0 Å². The molecule has 0 amide bonds. The highest BCUT2D eigenvalue weighted by atomic mass is 16.8. The van der Waals surface area contributed by atoms with Crippen LogP contribution in [0, 0.1) is 50.2 Å². The Kier molecular flexibility index (Phi) is 17.4. The van der Waals surface area contributed by atoms with Crippen LogP contribution in [-0.4, -0.2) is 222 Å². The highest BCUT2D eigenvalue weighted by molar-refractivity contribution is 5.79. The average Bonchev–Trinajstić information content (AvgIpc) is 2.93. The third kappa shape index (κ3) is 10.2. The summed E-state index contributed by atoms with van der Waals surface area (Å²) in [5, 5.41) is 129. The fraction of sp³-hybridized carbons (Fsp3) is 0.929. The fourth-order valence-corrected chi connectivity index (χ4v) is 16.6. The number of allylic oxidation sites excluding steroid dienone is 2. The Morgan fingerprint density at radius 3 is 1.78 bits per heavy atom. The average molecular weight is 1130 g/mol. The van der Waals surface area contributed by atoms with Crippen LogP contribution in [-0.2, 0) is 52.2 Å². The number of hydrogen-bond acceptors (Lipinski definition) is 23. The van der Waals surface area contributed by atoms with Gasteiger partial charge >= 0.3 is 11.9 Å². The minimum Gasteiger partial charge on any atom is -0.464 e. The molecule has 8 fully saturated rings. The van der Waals surface area contributed by atoms with Gasteiger partial charge in [0.05, 0.1) is 37.4 Å². The summed E-state index contributed by atoms with van der Waals surface area (Å²) in [5.41, 5.74) is -1.24. The molecule has 9 aliphatic rings. The summed E-state index contributed by atoms with van der Waals surface area (Å²) in [6.07, 6.45) is -24.8. The van der Waals surface area contributed by atoms with E-state index < -0.39 is 165 Å². The van der Waals surface area contributed by atoms with Crippen molar-refractivity contribution in [2.75, 3.05) is 19.8 Å². The predicted molar refractivity (Wildman–Crippen MR) is 271 cm³/mol. The van der Waals surface area contributed by atoms with Gasteiger partial charge in [0.2, 0.25) is 6.29 Å². The van der Waals surface area contributed by atoms with E-state index in [2.05, 4.69) is 54.5 Å². The lowest BCUT2D eigenvalue weighted by Gasteiger charge is -2.71. The largest absolute Gasteiger partial charge is 0.464 e. The van der Waals surface area contributed by atoms with Gasteiger partial charge in [-0.1, -0.05) is 60.1 Å². The zero-order chi connectivity index (χ0) is 57.9. The molecule has 4 aliphatic heterocycles. The predicted octanol–water partition coefficient (Wildman–Crippen LogP) is -0.437. The molecular weight excluding hydrogens is 1040 g/mol. The third-order valence-electron chi connectivity index (χ3n) is 21.6. The molecule has 0 aromatic heterocycles. The molecule has 23 heteroatoms. The minimum absolute atomic E-state index is 0.0509. The summed E-state index contributed by atoms with van der Waals surface area (Å²) in [6.45, 7) is 17.4. The fourth-order valence-electron chi connectivity index (χ4n) is 16.6. The summed E-state index contributed by atoms with van der Waals surface area (Å²) in [4.78, 5) is 28.2. The second kappa shape index (κ2) is 22.4. The minimum atomic E-state index is -1.92. The molecule has 4 saturated heterocycles. The zero-order valence-corrected chi connectivity index (χ0v) is 47.0. The van der Waals surface area contributed by atoms with Gasteiger partial charge in [-0.3, -0.25) is 4.79 Å². The number of esters is 2. The molecule has 0 bridgehead atoms. The number of hydrogen-bond donors (Lipinski definition) is 12. The molecule has 79 heavy (non-hydrogen) atoms. The standard InChI is InChI=1S/C56H90O23/c1-10-71-45(69)42-38(65)39(66)44(78-48-43(37(64)32(59)24(2)72-48)77-46-40(67)35(62)33(60)27(22-57)73-46)49(76-42)75-31-14-15-53(7)29(52(31,5)6)13-16-55(9)30(53)12-11-25-26-21-51(3,4)17-19-56(26,20-18-54(25,55)8)50(70)79-47-41(68)36(63)34(61)28(23-58)74-47/h11,24,26-44,46-49,57-68H,10,12-23H2,1-9H3/t24-,26-,27+,28+,29-,30+,31-,32-,33+,34+,35-,36-,37+,38-,39-,40+,41+,42-,43+,44+,46-,47-,48-,49+,53-,54+,55+,56-/m0/s1. The highest BCUT2D eigenvalue weighted by Crippen LogP contribution is 2.76. The molecule has 12 N–H and O–H groups in total. The zero-order valence-electron chi connectivity index (χ0n) is 47.0. The maximum atomic E-state index is 14.8. The number of aliphatic hydroxyl groups is 12. The summed E-state index contributed by atoms with van der Waals surface area (Å²) in [5.74, 6) is -1.45. The Morgan fingerprint density at radius 1 is 0.595 bits per heavy atom. The first-order valence-electron chi connectivity index (χ1n) is 28.7. The van der Waals surface area contributed by atoms with Gasteiger partial charge in [-0.05, 0) is 123 Å². The number of fused-ring (bicyclic) bond motifs is 7. The van der Waals surface area contributed by atoms with Crippen molar-refractivity contribution >= 4 is 11.9 Å². The topological polar surface area (TPSA) is 360 Å². The van der Waals surface area contributed by atoms with Crippen molar-refractivity contribution in [3.63, 3.8) is 0 Å². The smallest absolute Gasteiger partial charge is 0.338 e. The molecule has 0 unspecified atom stereocenters. The van der Waals surface area contributed by atoms with Crippen LogP contribution in [0.3, 0.4) is 0 Å². The van der Waals surface area contributed by atoms with E-state index in [1.54, 1.807) is 6.92 Å². The molecule has 5 aliphatic carbocycles. The van der Waals surface area contributed by atoms with Gasteiger partial charge in [0, 0.05) is 0 Å². The molecule has 0 aromatic carbocycles. The van der Waals surface area contributed by atoms with Gasteiger partial charge in [-0.25, -0.2) is 4.79 Å². The second-order valence-corrected chi connectivity index (χ2v) is 26.7. The second-order valence-electron chi connectivity index (χ2n) is 26.7. The van der Waals surface area contributed by atoms with Crippen LogP contribution in [0.4, 0.5) is 0 Å². The first kappa shape index (κ1) is 61.5. The third-order valence-corrected chi connectivity index (χ3v) is 21.6. The Balaban J connectivity index is 0.977. The van der Waals surface area contributed by atoms with E-state index in [1.165, 1.54) is 12.5 Å². The van der Waals surface area contributed by atoms with Gasteiger partial charge in [0.25, 0.3) is 0 Å². The molecule has 4 saturated carbocycles. The van der Waals surface area contributed by atoms with E-state index in [9.17, 15) is 70.9 Å². The Labute approximate surface area is 461 Å². The Morgan fingerprint density at radius 2 is 1.16 bits per heavy atom. The molecule has 28 atom stereocenters. The van der Waals surface area contributed by atoms with E-state index in [4.69, 9.17) is 42.6 Å². The first-order valence-corrected chi connectivity index (χ1v) is 28.7. The van der Waals surface area contributed by atoms with Crippen LogP contribution in [0.5, 0.6) is 0 Å². The molecule has 4 heterocycles. The Hall–Kier alpha value is -2.08. The lowest BCUT2D eigenvalue weighted by Crippen LogP contribution is -2.68. The molecule has 9 rings (SSSR count). The van der Waals surface area contributed by atoms with E-state index in [0.717, 1.165) is 32.1 Å². The van der Waals surface area contributed by atoms with Gasteiger partial charge in [-0.2, -0.15) is 0 Å². The van der Waals surface area contributed by atoms with E-state index in [0.29, 0.717) is 32.1 Å². The van der Waals surface area contributed by atoms with E-state index >= 15 is 0 Å². The molecule has 0 radical (unpaired) electrons. The monoisotopic (exact) mass is 1130 g/mol. The normalized spacial score (nSPS) is 52.3. The van der Waals surface area contributed by atoms with Crippen LogP contribution in [0.1, 0.15) is 127 Å². The number of carbonyl (C=O) groups excluding carboxylic acids is 2. The number of rotatable bonds is 12. The van der Waals surface area contributed by atoms with Crippen molar-refractivity contribution in [3.8, 4) is 0 Å². The molecule has 0 aromatic rings. The van der Waals surface area contributed by atoms with Gasteiger partial charge < -0.3 is 104 Å². The first-order chi connectivity index (χ1) is 37.0. The van der Waals surface area contributed by atoms with E-state index in [1.807, 2.05) is 0 Å². The van der Waals surface area contributed by atoms with Crippen molar-refractivity contribution in [1.29, 1.82) is 0 Å². The summed E-state index contributed by atoms with van der Waals surface area (Å²) in [7, 11) is 0. The summed E-state index contributed by atoms with van der Waals surface area (Å²) in [6, 6.07) is 0. The molecule has 0 spiro atoms.